The Labute approximate surface area is 193 Å². The van der Waals surface area contributed by atoms with Crippen molar-refractivity contribution in [1.29, 1.82) is 0 Å². The van der Waals surface area contributed by atoms with Crippen molar-refractivity contribution in [2.45, 2.75) is 31.3 Å². The molecular formula is C25H29N3O5. The Bertz CT molecular complexity index is 1020. The smallest absolute Gasteiger partial charge is 0.328 e. The van der Waals surface area contributed by atoms with E-state index in [9.17, 15) is 19.5 Å². The molecule has 3 amide bonds. The molecule has 2 aliphatic rings. The minimum absolute atomic E-state index is 0.225. The third-order valence-electron chi connectivity index (χ3n) is 6.60. The molecule has 2 heterocycles. The van der Waals surface area contributed by atoms with Gasteiger partial charge in [-0.2, -0.15) is 0 Å². The Hall–Kier alpha value is -3.39. The summed E-state index contributed by atoms with van der Waals surface area (Å²) in [6, 6.07) is 16.6. The van der Waals surface area contributed by atoms with Crippen molar-refractivity contribution < 1.29 is 24.2 Å². The molecule has 0 bridgehead atoms. The molecule has 174 valence electrons. The summed E-state index contributed by atoms with van der Waals surface area (Å²) in [6.45, 7) is 1.94. The van der Waals surface area contributed by atoms with E-state index < -0.39 is 17.5 Å². The van der Waals surface area contributed by atoms with Crippen LogP contribution in [0.3, 0.4) is 0 Å². The highest BCUT2D eigenvalue weighted by molar-refractivity contribution is 6.08. The standard InChI is InChI=1S/C25H29N3O5/c1-33-22(30)18-27-23(31)25(28(24(27)32)13-10-19-6-3-2-4-7-19)11-14-26(15-12-25)17-20-8-5-9-21(29)16-20/h2-9,16,29H,10-15,17-18H2,1H3. The van der Waals surface area contributed by atoms with E-state index in [1.807, 2.05) is 42.5 Å². The number of carbonyl (C=O) groups is 3. The van der Waals surface area contributed by atoms with Crippen LogP contribution in [0.1, 0.15) is 24.0 Å². The first-order valence-corrected chi connectivity index (χ1v) is 11.2. The van der Waals surface area contributed by atoms with Crippen molar-refractivity contribution in [2.75, 3.05) is 33.3 Å². The number of hydrogen-bond acceptors (Lipinski definition) is 6. The van der Waals surface area contributed by atoms with E-state index in [0.29, 0.717) is 45.4 Å². The highest BCUT2D eigenvalue weighted by Crippen LogP contribution is 2.38. The number of esters is 1. The summed E-state index contributed by atoms with van der Waals surface area (Å²) in [6.07, 6.45) is 1.60. The van der Waals surface area contributed by atoms with E-state index in [4.69, 9.17) is 4.74 Å². The van der Waals surface area contributed by atoms with Gasteiger partial charge in [-0.15, -0.1) is 0 Å². The van der Waals surface area contributed by atoms with E-state index in [2.05, 4.69) is 4.90 Å². The molecule has 2 aromatic carbocycles. The molecule has 2 saturated heterocycles. The number of nitrogens with zero attached hydrogens (tertiary/aromatic N) is 3. The van der Waals surface area contributed by atoms with Gasteiger partial charge in [0, 0.05) is 26.2 Å². The largest absolute Gasteiger partial charge is 0.508 e. The molecule has 1 spiro atoms. The number of rotatable bonds is 7. The lowest BCUT2D eigenvalue weighted by Gasteiger charge is -2.42. The number of phenols is 1. The summed E-state index contributed by atoms with van der Waals surface area (Å²) in [4.78, 5) is 43.5. The van der Waals surface area contributed by atoms with E-state index in [1.54, 1.807) is 17.0 Å². The predicted molar refractivity (Wildman–Crippen MR) is 121 cm³/mol. The molecule has 8 heteroatoms. The fraction of sp³-hybridized carbons (Fsp3) is 0.400. The second-order valence-corrected chi connectivity index (χ2v) is 8.61. The van der Waals surface area contributed by atoms with Crippen molar-refractivity contribution >= 4 is 17.9 Å². The first-order chi connectivity index (χ1) is 15.9. The van der Waals surface area contributed by atoms with E-state index in [0.717, 1.165) is 16.0 Å². The number of phenolic OH excluding ortho intramolecular Hbond substituents is 1. The van der Waals surface area contributed by atoms with Crippen LogP contribution in [0, 0.1) is 0 Å². The maximum absolute atomic E-state index is 13.5. The number of aromatic hydroxyl groups is 1. The van der Waals surface area contributed by atoms with Crippen LogP contribution in [0.25, 0.3) is 0 Å². The number of piperidine rings is 1. The summed E-state index contributed by atoms with van der Waals surface area (Å²) in [5, 5.41) is 9.73. The van der Waals surface area contributed by atoms with E-state index in [-0.39, 0.29) is 18.2 Å². The second-order valence-electron chi connectivity index (χ2n) is 8.61. The first-order valence-electron chi connectivity index (χ1n) is 11.2. The van der Waals surface area contributed by atoms with Gasteiger partial charge in [0.05, 0.1) is 7.11 Å². The minimum atomic E-state index is -0.949. The zero-order valence-electron chi connectivity index (χ0n) is 18.8. The maximum Gasteiger partial charge on any atom is 0.328 e. The normalized spacial score (nSPS) is 18.2. The van der Waals surface area contributed by atoms with Crippen molar-refractivity contribution in [3.05, 3.63) is 65.7 Å². The van der Waals surface area contributed by atoms with E-state index in [1.165, 1.54) is 7.11 Å². The first kappa shape index (κ1) is 22.8. The predicted octanol–water partition coefficient (Wildman–Crippen LogP) is 2.41. The van der Waals surface area contributed by atoms with Gasteiger partial charge >= 0.3 is 12.0 Å². The number of likely N-dealkylation sites (tertiary alicyclic amines) is 1. The van der Waals surface area contributed by atoms with Crippen molar-refractivity contribution in [2.24, 2.45) is 0 Å². The number of methoxy groups -OCH3 is 1. The molecule has 0 saturated carbocycles. The Morgan fingerprint density at radius 1 is 1.03 bits per heavy atom. The zero-order chi connectivity index (χ0) is 23.4. The molecule has 2 fully saturated rings. The minimum Gasteiger partial charge on any atom is -0.508 e. The van der Waals surface area contributed by atoms with Crippen LogP contribution in [0.2, 0.25) is 0 Å². The van der Waals surface area contributed by atoms with Crippen molar-refractivity contribution in [3.8, 4) is 5.75 Å². The van der Waals surface area contributed by atoms with E-state index >= 15 is 0 Å². The van der Waals surface area contributed by atoms with Crippen molar-refractivity contribution in [3.63, 3.8) is 0 Å². The SMILES string of the molecule is COC(=O)CN1C(=O)N(CCc2ccccc2)C2(CCN(Cc3cccc(O)c3)CC2)C1=O. The number of carbonyl (C=O) groups excluding carboxylic acids is 3. The number of hydrogen-bond donors (Lipinski definition) is 1. The lowest BCUT2D eigenvalue weighted by atomic mass is 9.85. The van der Waals surface area contributed by atoms with Gasteiger partial charge in [-0.25, -0.2) is 4.79 Å². The Morgan fingerprint density at radius 2 is 1.73 bits per heavy atom. The molecule has 4 rings (SSSR count). The lowest BCUT2D eigenvalue weighted by Crippen LogP contribution is -2.56. The number of amides is 3. The molecule has 1 N–H and O–H groups in total. The Balaban J connectivity index is 1.51. The van der Waals surface area contributed by atoms with Gasteiger partial charge in [0.1, 0.15) is 17.8 Å². The fourth-order valence-electron chi connectivity index (χ4n) is 4.79. The molecule has 0 aromatic heterocycles. The molecule has 0 aliphatic carbocycles. The van der Waals surface area contributed by atoms with Gasteiger partial charge in [-0.3, -0.25) is 19.4 Å². The third-order valence-corrected chi connectivity index (χ3v) is 6.60. The number of imide groups is 1. The summed E-state index contributed by atoms with van der Waals surface area (Å²) in [5.41, 5.74) is 1.13. The molecular weight excluding hydrogens is 422 g/mol. The van der Waals surface area contributed by atoms with Crippen LogP contribution >= 0.6 is 0 Å². The summed E-state index contributed by atoms with van der Waals surface area (Å²) >= 11 is 0. The van der Waals surface area contributed by atoms with Crippen LogP contribution in [-0.4, -0.2) is 76.5 Å². The highest BCUT2D eigenvalue weighted by Gasteiger charge is 2.58. The van der Waals surface area contributed by atoms with Gasteiger partial charge in [-0.1, -0.05) is 42.5 Å². The number of urea groups is 1. The van der Waals surface area contributed by atoms with Gasteiger partial charge < -0.3 is 14.7 Å². The van der Waals surface area contributed by atoms with Crippen LogP contribution in [0.15, 0.2) is 54.6 Å². The monoisotopic (exact) mass is 451 g/mol. The van der Waals surface area contributed by atoms with Gasteiger partial charge in [0.2, 0.25) is 0 Å². The maximum atomic E-state index is 13.5. The van der Waals surface area contributed by atoms with Gasteiger partial charge in [0.15, 0.2) is 0 Å². The van der Waals surface area contributed by atoms with Crippen LogP contribution in [0.5, 0.6) is 5.75 Å². The molecule has 2 aromatic rings. The average Bonchev–Trinajstić information content (AvgIpc) is 3.01. The Kier molecular flexibility index (Phi) is 6.65. The average molecular weight is 452 g/mol. The molecule has 33 heavy (non-hydrogen) atoms. The molecule has 2 aliphatic heterocycles. The number of benzene rings is 2. The number of ether oxygens (including phenoxy) is 1. The van der Waals surface area contributed by atoms with Crippen molar-refractivity contribution in [1.82, 2.24) is 14.7 Å². The summed E-state index contributed by atoms with van der Waals surface area (Å²) in [7, 11) is 1.25. The third kappa shape index (κ3) is 4.71. The lowest BCUT2D eigenvalue weighted by molar-refractivity contribution is -0.146. The topological polar surface area (TPSA) is 90.4 Å². The second kappa shape index (κ2) is 9.62. The molecule has 0 radical (unpaired) electrons. The molecule has 0 unspecified atom stereocenters. The van der Waals surface area contributed by atoms with Gasteiger partial charge in [-0.05, 0) is 42.5 Å². The molecule has 0 atom stereocenters. The summed E-state index contributed by atoms with van der Waals surface area (Å²) in [5.74, 6) is -0.705. The van der Waals surface area contributed by atoms with Crippen LogP contribution in [0.4, 0.5) is 4.79 Å². The van der Waals surface area contributed by atoms with Crippen LogP contribution in [-0.2, 0) is 27.3 Å². The molecule has 8 nitrogen and oxygen atoms in total. The summed E-state index contributed by atoms with van der Waals surface area (Å²) < 4.78 is 4.71. The fourth-order valence-corrected chi connectivity index (χ4v) is 4.79. The van der Waals surface area contributed by atoms with Gasteiger partial charge in [0.25, 0.3) is 5.91 Å². The van der Waals surface area contributed by atoms with Crippen LogP contribution < -0.4 is 0 Å². The zero-order valence-corrected chi connectivity index (χ0v) is 18.8. The highest BCUT2D eigenvalue weighted by atomic mass is 16.5. The Morgan fingerprint density at radius 3 is 2.39 bits per heavy atom. The quantitative estimate of drug-likeness (QED) is 0.514.